The third-order valence-corrected chi connectivity index (χ3v) is 6.34. The van der Waals surface area contributed by atoms with Crippen LogP contribution in [0, 0.1) is 6.92 Å². The van der Waals surface area contributed by atoms with Gasteiger partial charge in [0.15, 0.2) is 11.5 Å². The molecule has 1 aliphatic rings. The van der Waals surface area contributed by atoms with Gasteiger partial charge < -0.3 is 24.2 Å². The third-order valence-electron chi connectivity index (χ3n) is 5.45. The number of hydrogen-bond donors (Lipinski definition) is 1. The Balaban J connectivity index is 2.19. The van der Waals surface area contributed by atoms with Crippen LogP contribution in [0.1, 0.15) is 43.5 Å². The van der Waals surface area contributed by atoms with E-state index in [4.69, 9.17) is 14.2 Å². The van der Waals surface area contributed by atoms with E-state index in [0.29, 0.717) is 29.2 Å². The minimum Gasteiger partial charge on any atom is -0.507 e. The molecule has 8 heteroatoms. The first-order chi connectivity index (χ1) is 16.2. The van der Waals surface area contributed by atoms with Crippen molar-refractivity contribution in [2.24, 2.45) is 0 Å². The molecule has 1 saturated heterocycles. The van der Waals surface area contributed by atoms with Crippen LogP contribution in [0.15, 0.2) is 46.4 Å². The summed E-state index contributed by atoms with van der Waals surface area (Å²) in [5.41, 5.74) is 2.01. The Bertz CT molecular complexity index is 1110. The largest absolute Gasteiger partial charge is 0.507 e. The van der Waals surface area contributed by atoms with Gasteiger partial charge in [-0.3, -0.25) is 9.59 Å². The van der Waals surface area contributed by atoms with E-state index in [2.05, 4.69) is 15.9 Å². The van der Waals surface area contributed by atoms with Crippen molar-refractivity contribution in [3.8, 4) is 11.5 Å². The molecule has 0 saturated carbocycles. The third kappa shape index (κ3) is 5.28. The molecule has 0 aliphatic carbocycles. The van der Waals surface area contributed by atoms with Crippen LogP contribution < -0.4 is 9.47 Å². The van der Waals surface area contributed by atoms with Crippen LogP contribution in [-0.4, -0.2) is 54.7 Å². The van der Waals surface area contributed by atoms with Crippen LogP contribution in [0.25, 0.3) is 5.76 Å². The van der Waals surface area contributed by atoms with Crippen LogP contribution in [0.4, 0.5) is 0 Å². The first-order valence-electron chi connectivity index (χ1n) is 11.2. The van der Waals surface area contributed by atoms with Crippen molar-refractivity contribution in [1.29, 1.82) is 0 Å². The van der Waals surface area contributed by atoms with E-state index in [9.17, 15) is 14.7 Å². The Morgan fingerprint density at radius 3 is 2.50 bits per heavy atom. The molecule has 1 atom stereocenters. The highest BCUT2D eigenvalue weighted by Gasteiger charge is 2.46. The van der Waals surface area contributed by atoms with Crippen LogP contribution >= 0.6 is 15.9 Å². The number of aliphatic hydroxyl groups is 1. The topological polar surface area (TPSA) is 85.3 Å². The van der Waals surface area contributed by atoms with Crippen LogP contribution in [-0.2, 0) is 14.3 Å². The number of carbonyl (C=O) groups excluding carboxylic acids is 2. The van der Waals surface area contributed by atoms with E-state index in [1.165, 1.54) is 12.0 Å². The van der Waals surface area contributed by atoms with Crippen molar-refractivity contribution >= 4 is 33.4 Å². The molecule has 0 spiro atoms. The molecule has 1 heterocycles. The molecule has 7 nitrogen and oxygen atoms in total. The van der Waals surface area contributed by atoms with Crippen LogP contribution in [0.2, 0.25) is 0 Å². The number of aryl methyl sites for hydroxylation is 1. The zero-order valence-corrected chi connectivity index (χ0v) is 21.6. The van der Waals surface area contributed by atoms with Crippen molar-refractivity contribution in [3.05, 3.63) is 63.1 Å². The lowest BCUT2D eigenvalue weighted by Gasteiger charge is -2.26. The van der Waals surface area contributed by atoms with Crippen molar-refractivity contribution in [2.45, 2.75) is 39.8 Å². The van der Waals surface area contributed by atoms with Gasteiger partial charge in [-0.1, -0.05) is 28.1 Å². The molecule has 2 aromatic rings. The predicted molar refractivity (Wildman–Crippen MR) is 133 cm³/mol. The van der Waals surface area contributed by atoms with Gasteiger partial charge in [-0.2, -0.15) is 0 Å². The lowest BCUT2D eigenvalue weighted by Crippen LogP contribution is -2.32. The van der Waals surface area contributed by atoms with E-state index < -0.39 is 17.7 Å². The maximum Gasteiger partial charge on any atom is 0.295 e. The molecular formula is C26H30BrNO6. The number of likely N-dealkylation sites (tertiary alicyclic amines) is 1. The standard InChI is InChI=1S/C26H30BrNO6/c1-6-33-21-14-17(8-10-20(21)34-15(2)3)23-22(25(30)26(31)28(23)11-12-32-5)24(29)18-7-9-19(27)16(4)13-18/h7-10,13-15,23,29H,6,11-12H2,1-5H3/b24-22-. The minimum atomic E-state index is -0.800. The fraction of sp³-hybridized carbons (Fsp3) is 0.385. The smallest absolute Gasteiger partial charge is 0.295 e. The normalized spacial score (nSPS) is 17.5. The Morgan fingerprint density at radius 1 is 1.15 bits per heavy atom. The van der Waals surface area contributed by atoms with Crippen molar-refractivity contribution in [2.75, 3.05) is 26.9 Å². The van der Waals surface area contributed by atoms with Gasteiger partial charge >= 0.3 is 0 Å². The molecule has 0 radical (unpaired) electrons. The minimum absolute atomic E-state index is 0.0304. The second-order valence-corrected chi connectivity index (χ2v) is 9.11. The number of rotatable bonds is 9. The van der Waals surface area contributed by atoms with Gasteiger partial charge in [0.25, 0.3) is 11.7 Å². The first-order valence-corrected chi connectivity index (χ1v) is 12.0. The zero-order chi connectivity index (χ0) is 25.0. The van der Waals surface area contributed by atoms with Crippen molar-refractivity contribution < 1.29 is 28.9 Å². The molecular weight excluding hydrogens is 502 g/mol. The van der Waals surface area contributed by atoms with E-state index in [0.717, 1.165) is 10.0 Å². The van der Waals surface area contributed by atoms with Crippen LogP contribution in [0.5, 0.6) is 11.5 Å². The summed E-state index contributed by atoms with van der Waals surface area (Å²) < 4.78 is 17.7. The molecule has 34 heavy (non-hydrogen) atoms. The number of ether oxygens (including phenoxy) is 3. The molecule has 1 amide bonds. The number of ketones is 1. The number of benzene rings is 2. The lowest BCUT2D eigenvalue weighted by atomic mass is 9.94. The number of methoxy groups -OCH3 is 1. The van der Waals surface area contributed by atoms with Crippen LogP contribution in [0.3, 0.4) is 0 Å². The fourth-order valence-corrected chi connectivity index (χ4v) is 4.16. The predicted octanol–water partition coefficient (Wildman–Crippen LogP) is 5.01. The van der Waals surface area contributed by atoms with Gasteiger partial charge in [0.05, 0.1) is 30.9 Å². The zero-order valence-electron chi connectivity index (χ0n) is 20.1. The van der Waals surface area contributed by atoms with Crippen molar-refractivity contribution in [1.82, 2.24) is 4.90 Å². The Kier molecular flexibility index (Phi) is 8.38. The summed E-state index contributed by atoms with van der Waals surface area (Å²) in [6.45, 7) is 8.45. The maximum atomic E-state index is 13.1. The summed E-state index contributed by atoms with van der Waals surface area (Å²) in [6, 6.07) is 9.79. The fourth-order valence-electron chi connectivity index (χ4n) is 3.91. The average molecular weight is 532 g/mol. The summed E-state index contributed by atoms with van der Waals surface area (Å²) in [5.74, 6) is -0.569. The molecule has 0 aromatic heterocycles. The van der Waals surface area contributed by atoms with Gasteiger partial charge in [0.1, 0.15) is 5.76 Å². The number of Topliss-reactive ketones (excluding diaryl/α,β-unsaturated/α-hetero) is 1. The molecule has 1 fully saturated rings. The van der Waals surface area contributed by atoms with Gasteiger partial charge in [0.2, 0.25) is 0 Å². The van der Waals surface area contributed by atoms with Crippen molar-refractivity contribution in [3.63, 3.8) is 0 Å². The SMILES string of the molecule is CCOc1cc(C2/C(=C(/O)c3ccc(Br)c(C)c3)C(=O)C(=O)N2CCOC)ccc1OC(C)C. The number of carbonyl (C=O) groups is 2. The summed E-state index contributed by atoms with van der Waals surface area (Å²) in [7, 11) is 1.53. The first kappa shape index (κ1) is 25.8. The number of halogens is 1. The summed E-state index contributed by atoms with van der Waals surface area (Å²) in [4.78, 5) is 27.6. The maximum absolute atomic E-state index is 13.1. The molecule has 2 aromatic carbocycles. The molecule has 1 aliphatic heterocycles. The molecule has 1 unspecified atom stereocenters. The second kappa shape index (κ2) is 11.1. The van der Waals surface area contributed by atoms with E-state index in [-0.39, 0.29) is 30.6 Å². The van der Waals surface area contributed by atoms with Gasteiger partial charge in [-0.05, 0) is 63.1 Å². The molecule has 1 N–H and O–H groups in total. The highest BCUT2D eigenvalue weighted by atomic mass is 79.9. The monoisotopic (exact) mass is 531 g/mol. The lowest BCUT2D eigenvalue weighted by molar-refractivity contribution is -0.140. The highest BCUT2D eigenvalue weighted by Crippen LogP contribution is 2.42. The Morgan fingerprint density at radius 2 is 1.88 bits per heavy atom. The molecule has 182 valence electrons. The summed E-state index contributed by atoms with van der Waals surface area (Å²) in [6.07, 6.45) is -0.0574. The number of nitrogens with zero attached hydrogens (tertiary/aromatic N) is 1. The summed E-state index contributed by atoms with van der Waals surface area (Å²) >= 11 is 3.45. The summed E-state index contributed by atoms with van der Waals surface area (Å²) in [5, 5.41) is 11.2. The van der Waals surface area contributed by atoms with E-state index in [1.807, 2.05) is 27.7 Å². The van der Waals surface area contributed by atoms with E-state index >= 15 is 0 Å². The number of aliphatic hydroxyl groups excluding tert-OH is 1. The average Bonchev–Trinajstić information content (AvgIpc) is 3.04. The van der Waals surface area contributed by atoms with Gasteiger partial charge in [0, 0.05) is 23.7 Å². The van der Waals surface area contributed by atoms with E-state index in [1.54, 1.807) is 36.4 Å². The van der Waals surface area contributed by atoms with Gasteiger partial charge in [-0.25, -0.2) is 0 Å². The number of amides is 1. The molecule has 3 rings (SSSR count). The van der Waals surface area contributed by atoms with Gasteiger partial charge in [-0.15, -0.1) is 0 Å². The quantitative estimate of drug-likeness (QED) is 0.278. The highest BCUT2D eigenvalue weighted by molar-refractivity contribution is 9.10. The Hall–Kier alpha value is -2.84. The Labute approximate surface area is 208 Å². The second-order valence-electron chi connectivity index (χ2n) is 8.26. The number of hydrogen-bond acceptors (Lipinski definition) is 6. The molecule has 0 bridgehead atoms.